The molecule has 0 spiro atoms. The minimum atomic E-state index is -0.636. The van der Waals surface area contributed by atoms with Gasteiger partial charge in [-0.3, -0.25) is 0 Å². The lowest BCUT2D eigenvalue weighted by Gasteiger charge is -2.10. The molecule has 0 bridgehead atoms. The molecular formula is C20H16FN5O3. The number of phenolic OH excluding ortho intramolecular Hbond substituents is 1. The summed E-state index contributed by atoms with van der Waals surface area (Å²) in [6.07, 6.45) is 1.05. The molecule has 0 fully saturated rings. The van der Waals surface area contributed by atoms with Crippen molar-refractivity contribution >= 4 is 40.0 Å². The molecule has 2 aromatic heterocycles. The van der Waals surface area contributed by atoms with E-state index in [-0.39, 0.29) is 17.5 Å². The summed E-state index contributed by atoms with van der Waals surface area (Å²) in [5.74, 6) is -0.905. The highest BCUT2D eigenvalue weighted by molar-refractivity contribution is 5.95. The number of halogens is 1. The Hall–Kier alpha value is -4.14. The monoisotopic (exact) mass is 393 g/mol. The SMILES string of the molecule is COC(=O)c1cc2cc(Nc3ncc(F)c(Nc4cccc(O)c4)n3)ccc2[nH]1. The van der Waals surface area contributed by atoms with Crippen molar-refractivity contribution in [2.24, 2.45) is 0 Å². The zero-order valence-electron chi connectivity index (χ0n) is 15.2. The Balaban J connectivity index is 1.58. The van der Waals surface area contributed by atoms with Crippen LogP contribution in [-0.4, -0.2) is 33.1 Å². The first-order chi connectivity index (χ1) is 14.0. The number of rotatable bonds is 5. The summed E-state index contributed by atoms with van der Waals surface area (Å²) in [4.78, 5) is 22.7. The van der Waals surface area contributed by atoms with Gasteiger partial charge in [0.2, 0.25) is 5.95 Å². The Morgan fingerprint density at radius 2 is 1.97 bits per heavy atom. The predicted molar refractivity (Wildman–Crippen MR) is 106 cm³/mol. The summed E-state index contributed by atoms with van der Waals surface area (Å²) in [6.45, 7) is 0. The smallest absolute Gasteiger partial charge is 0.354 e. The highest BCUT2D eigenvalue weighted by atomic mass is 19.1. The number of hydrogen-bond acceptors (Lipinski definition) is 7. The first-order valence-electron chi connectivity index (χ1n) is 8.58. The number of aromatic nitrogens is 3. The molecule has 0 amide bonds. The summed E-state index contributed by atoms with van der Waals surface area (Å²) in [5, 5.41) is 16.1. The van der Waals surface area contributed by atoms with E-state index in [2.05, 4.69) is 25.6 Å². The van der Waals surface area contributed by atoms with Crippen LogP contribution in [0.2, 0.25) is 0 Å². The van der Waals surface area contributed by atoms with E-state index in [9.17, 15) is 14.3 Å². The third-order valence-electron chi connectivity index (χ3n) is 4.14. The fourth-order valence-corrected chi connectivity index (χ4v) is 2.79. The van der Waals surface area contributed by atoms with Gasteiger partial charge in [0.05, 0.1) is 13.3 Å². The van der Waals surface area contributed by atoms with Crippen molar-refractivity contribution in [3.63, 3.8) is 0 Å². The topological polar surface area (TPSA) is 112 Å². The van der Waals surface area contributed by atoms with Gasteiger partial charge in [-0.1, -0.05) is 6.07 Å². The van der Waals surface area contributed by atoms with Crippen molar-refractivity contribution in [1.29, 1.82) is 0 Å². The van der Waals surface area contributed by atoms with Gasteiger partial charge in [-0.05, 0) is 36.4 Å². The lowest BCUT2D eigenvalue weighted by molar-refractivity contribution is 0.0595. The van der Waals surface area contributed by atoms with Crippen LogP contribution in [0.15, 0.2) is 54.7 Å². The number of carbonyl (C=O) groups excluding carboxylic acids is 1. The average Bonchev–Trinajstić information content (AvgIpc) is 3.13. The second-order valence-corrected chi connectivity index (χ2v) is 6.17. The van der Waals surface area contributed by atoms with Crippen LogP contribution in [0.4, 0.5) is 27.5 Å². The number of methoxy groups -OCH3 is 1. The first kappa shape index (κ1) is 18.2. The number of nitrogens with one attached hydrogen (secondary N) is 3. The van der Waals surface area contributed by atoms with Crippen molar-refractivity contribution in [3.05, 3.63) is 66.2 Å². The Labute approximate surface area is 164 Å². The van der Waals surface area contributed by atoms with Crippen LogP contribution in [0.25, 0.3) is 10.9 Å². The van der Waals surface area contributed by atoms with E-state index in [0.29, 0.717) is 17.1 Å². The Bertz CT molecular complexity index is 1210. The standard InChI is InChI=1S/C20H16FN5O3/c1-29-19(28)17-8-11-7-13(5-6-16(11)25-17)24-20-22-10-15(21)18(26-20)23-12-3-2-4-14(27)9-12/h2-10,25,27H,1H3,(H2,22,23,24,26). The number of hydrogen-bond donors (Lipinski definition) is 4. The number of esters is 1. The predicted octanol–water partition coefficient (Wildman–Crippen LogP) is 4.08. The number of phenols is 1. The normalized spacial score (nSPS) is 10.7. The molecule has 0 aliphatic rings. The van der Waals surface area contributed by atoms with E-state index >= 15 is 0 Å². The van der Waals surface area contributed by atoms with E-state index in [1.165, 1.54) is 19.2 Å². The van der Waals surface area contributed by atoms with Crippen LogP contribution in [-0.2, 0) is 4.74 Å². The number of nitrogens with zero attached hydrogens (tertiary/aromatic N) is 2. The summed E-state index contributed by atoms with van der Waals surface area (Å²) in [7, 11) is 1.31. The summed E-state index contributed by atoms with van der Waals surface area (Å²) < 4.78 is 18.8. The van der Waals surface area contributed by atoms with Crippen molar-refractivity contribution in [1.82, 2.24) is 15.0 Å². The van der Waals surface area contributed by atoms with Gasteiger partial charge in [0.15, 0.2) is 11.6 Å². The maximum Gasteiger partial charge on any atom is 0.354 e. The fourth-order valence-electron chi connectivity index (χ4n) is 2.79. The van der Waals surface area contributed by atoms with Crippen LogP contribution in [0.3, 0.4) is 0 Å². The van der Waals surface area contributed by atoms with Crippen LogP contribution in [0.5, 0.6) is 5.75 Å². The van der Waals surface area contributed by atoms with E-state index in [1.807, 2.05) is 0 Å². The zero-order chi connectivity index (χ0) is 20.4. The first-order valence-corrected chi connectivity index (χ1v) is 8.58. The third kappa shape index (κ3) is 3.93. The molecule has 29 heavy (non-hydrogen) atoms. The second kappa shape index (κ2) is 7.47. The lowest BCUT2D eigenvalue weighted by Crippen LogP contribution is -2.03. The largest absolute Gasteiger partial charge is 0.508 e. The molecule has 8 nitrogen and oxygen atoms in total. The average molecular weight is 393 g/mol. The minimum Gasteiger partial charge on any atom is -0.508 e. The van der Waals surface area contributed by atoms with Crippen LogP contribution in [0.1, 0.15) is 10.5 Å². The fraction of sp³-hybridized carbons (Fsp3) is 0.0500. The number of anilines is 4. The molecular weight excluding hydrogens is 377 g/mol. The molecule has 0 atom stereocenters. The number of H-pyrrole nitrogens is 1. The molecule has 0 aliphatic carbocycles. The highest BCUT2D eigenvalue weighted by Crippen LogP contribution is 2.25. The van der Waals surface area contributed by atoms with Crippen molar-refractivity contribution < 1.29 is 19.0 Å². The van der Waals surface area contributed by atoms with Gasteiger partial charge >= 0.3 is 5.97 Å². The number of ether oxygens (including phenoxy) is 1. The summed E-state index contributed by atoms with van der Waals surface area (Å²) in [6, 6.07) is 13.3. The number of aromatic amines is 1. The van der Waals surface area contributed by atoms with Gasteiger partial charge in [0.1, 0.15) is 11.4 Å². The van der Waals surface area contributed by atoms with Crippen molar-refractivity contribution in [2.75, 3.05) is 17.7 Å². The lowest BCUT2D eigenvalue weighted by atomic mass is 10.2. The van der Waals surface area contributed by atoms with E-state index in [4.69, 9.17) is 4.74 Å². The highest BCUT2D eigenvalue weighted by Gasteiger charge is 2.11. The van der Waals surface area contributed by atoms with Crippen LogP contribution < -0.4 is 10.6 Å². The molecule has 4 N–H and O–H groups in total. The molecule has 2 aromatic carbocycles. The Kier molecular flexibility index (Phi) is 4.70. The maximum atomic E-state index is 14.1. The zero-order valence-corrected chi connectivity index (χ0v) is 15.2. The van der Waals surface area contributed by atoms with Crippen molar-refractivity contribution in [2.45, 2.75) is 0 Å². The molecule has 0 unspecified atom stereocenters. The molecule has 0 aliphatic heterocycles. The van der Waals surface area contributed by atoms with E-state index < -0.39 is 11.8 Å². The van der Waals surface area contributed by atoms with Gasteiger partial charge in [0, 0.05) is 28.3 Å². The van der Waals surface area contributed by atoms with Gasteiger partial charge in [-0.2, -0.15) is 4.98 Å². The van der Waals surface area contributed by atoms with Crippen molar-refractivity contribution in [3.8, 4) is 5.75 Å². The van der Waals surface area contributed by atoms with Crippen LogP contribution in [0, 0.1) is 5.82 Å². The third-order valence-corrected chi connectivity index (χ3v) is 4.14. The summed E-state index contributed by atoms with van der Waals surface area (Å²) >= 11 is 0. The molecule has 0 saturated heterocycles. The van der Waals surface area contributed by atoms with Gasteiger partial charge in [0.25, 0.3) is 0 Å². The molecule has 4 aromatic rings. The van der Waals surface area contributed by atoms with Gasteiger partial charge in [-0.15, -0.1) is 0 Å². The van der Waals surface area contributed by atoms with E-state index in [0.717, 1.165) is 17.1 Å². The number of fused-ring (bicyclic) bond motifs is 1. The second-order valence-electron chi connectivity index (χ2n) is 6.17. The Morgan fingerprint density at radius 3 is 2.76 bits per heavy atom. The van der Waals surface area contributed by atoms with E-state index in [1.54, 1.807) is 36.4 Å². The molecule has 0 saturated carbocycles. The van der Waals surface area contributed by atoms with Gasteiger partial charge < -0.3 is 25.5 Å². The molecule has 146 valence electrons. The molecule has 9 heteroatoms. The van der Waals surface area contributed by atoms with Crippen LogP contribution >= 0.6 is 0 Å². The molecule has 0 radical (unpaired) electrons. The number of benzene rings is 2. The number of carbonyl (C=O) groups is 1. The minimum absolute atomic E-state index is 0.0381. The number of aromatic hydroxyl groups is 1. The molecule has 4 rings (SSSR count). The van der Waals surface area contributed by atoms with Gasteiger partial charge in [-0.25, -0.2) is 14.2 Å². The molecule has 2 heterocycles. The Morgan fingerprint density at radius 1 is 1.14 bits per heavy atom. The maximum absolute atomic E-state index is 14.1. The summed E-state index contributed by atoms with van der Waals surface area (Å²) in [5.41, 5.74) is 2.25. The quantitative estimate of drug-likeness (QED) is 0.378.